The predicted octanol–water partition coefficient (Wildman–Crippen LogP) is 0.0242. The number of H-pyrrole nitrogens is 2. The highest BCUT2D eigenvalue weighted by Crippen LogP contribution is 2.17. The van der Waals surface area contributed by atoms with Gasteiger partial charge in [-0.3, -0.25) is 19.6 Å². The summed E-state index contributed by atoms with van der Waals surface area (Å²) in [5.41, 5.74) is 0.799. The molecule has 0 spiro atoms. The average molecular weight is 318 g/mol. The summed E-state index contributed by atoms with van der Waals surface area (Å²) in [7, 11) is 0. The van der Waals surface area contributed by atoms with Gasteiger partial charge in [-0.15, -0.1) is 0 Å². The lowest BCUT2D eigenvalue weighted by atomic mass is 10.2. The number of hydrogen-bond acceptors (Lipinski definition) is 5. The molecule has 3 N–H and O–H groups in total. The van der Waals surface area contributed by atoms with Gasteiger partial charge in [0.1, 0.15) is 5.75 Å². The minimum absolute atomic E-state index is 0.00108. The van der Waals surface area contributed by atoms with E-state index in [-0.39, 0.29) is 24.6 Å². The summed E-state index contributed by atoms with van der Waals surface area (Å²) < 4.78 is 5.46. The molecule has 0 unspecified atom stereocenters. The molecular formula is C15H18N4O4. The number of aromatic amines is 2. The van der Waals surface area contributed by atoms with Crippen molar-refractivity contribution in [2.24, 2.45) is 0 Å². The Labute approximate surface area is 131 Å². The van der Waals surface area contributed by atoms with Gasteiger partial charge in [0.05, 0.1) is 11.3 Å². The van der Waals surface area contributed by atoms with E-state index in [1.807, 2.05) is 19.9 Å². The van der Waals surface area contributed by atoms with Crippen molar-refractivity contribution in [3.63, 3.8) is 0 Å². The monoisotopic (exact) mass is 318 g/mol. The normalized spacial score (nSPS) is 10.3. The Kier molecular flexibility index (Phi) is 5.29. The molecule has 0 atom stereocenters. The zero-order valence-corrected chi connectivity index (χ0v) is 12.9. The molecule has 23 heavy (non-hydrogen) atoms. The highest BCUT2D eigenvalue weighted by atomic mass is 16.5. The summed E-state index contributed by atoms with van der Waals surface area (Å²) in [6.07, 6.45) is 1.97. The smallest absolute Gasteiger partial charge is 0.325 e. The maximum Gasteiger partial charge on any atom is 0.325 e. The number of carbonyl (C=O) groups is 1. The van der Waals surface area contributed by atoms with Gasteiger partial charge in [-0.1, -0.05) is 6.92 Å². The predicted molar refractivity (Wildman–Crippen MR) is 83.4 cm³/mol. The van der Waals surface area contributed by atoms with Crippen molar-refractivity contribution < 1.29 is 9.53 Å². The Morgan fingerprint density at radius 3 is 2.83 bits per heavy atom. The van der Waals surface area contributed by atoms with Gasteiger partial charge in [-0.05, 0) is 25.5 Å². The number of nitrogens with one attached hydrogen (secondary N) is 3. The van der Waals surface area contributed by atoms with Crippen LogP contribution in [0.5, 0.6) is 5.75 Å². The van der Waals surface area contributed by atoms with Gasteiger partial charge in [-0.2, -0.15) is 0 Å². The van der Waals surface area contributed by atoms with Gasteiger partial charge in [-0.25, -0.2) is 4.79 Å². The largest absolute Gasteiger partial charge is 0.482 e. The summed E-state index contributed by atoms with van der Waals surface area (Å²) in [5, 5.41) is 2.55. The van der Waals surface area contributed by atoms with Gasteiger partial charge in [0.2, 0.25) is 0 Å². The zero-order valence-electron chi connectivity index (χ0n) is 12.9. The molecule has 0 saturated carbocycles. The summed E-state index contributed by atoms with van der Waals surface area (Å²) in [5.74, 6) is 0.188. The first-order valence-corrected chi connectivity index (χ1v) is 7.16. The van der Waals surface area contributed by atoms with Crippen molar-refractivity contribution >= 4 is 5.91 Å². The highest BCUT2D eigenvalue weighted by molar-refractivity contribution is 5.77. The van der Waals surface area contributed by atoms with Crippen LogP contribution in [0.15, 0.2) is 27.9 Å². The van der Waals surface area contributed by atoms with E-state index in [1.54, 1.807) is 6.07 Å². The van der Waals surface area contributed by atoms with Crippen LogP contribution >= 0.6 is 0 Å². The molecule has 2 heterocycles. The maximum atomic E-state index is 11.8. The average Bonchev–Trinajstić information content (AvgIpc) is 2.52. The summed E-state index contributed by atoms with van der Waals surface area (Å²) in [4.78, 5) is 42.9. The number of aryl methyl sites for hydroxylation is 2. The number of carbonyl (C=O) groups excluding carboxylic acids is 1. The molecule has 2 aromatic rings. The number of rotatable bonds is 6. The Hall–Kier alpha value is -2.90. The third-order valence-electron chi connectivity index (χ3n) is 3.14. The van der Waals surface area contributed by atoms with Gasteiger partial charge >= 0.3 is 5.69 Å². The van der Waals surface area contributed by atoms with Crippen molar-refractivity contribution in [2.75, 3.05) is 6.61 Å². The molecule has 0 aromatic carbocycles. The van der Waals surface area contributed by atoms with E-state index < -0.39 is 11.2 Å². The van der Waals surface area contributed by atoms with E-state index in [0.717, 1.165) is 11.4 Å². The fourth-order valence-corrected chi connectivity index (χ4v) is 1.94. The van der Waals surface area contributed by atoms with Crippen LogP contribution in [0.2, 0.25) is 0 Å². The third-order valence-corrected chi connectivity index (χ3v) is 3.14. The minimum atomic E-state index is -0.590. The summed E-state index contributed by atoms with van der Waals surface area (Å²) in [6, 6.07) is 3.59. The van der Waals surface area contributed by atoms with Crippen LogP contribution in [0.4, 0.5) is 0 Å². The summed E-state index contributed by atoms with van der Waals surface area (Å²) in [6.45, 7) is 3.66. The molecule has 0 aliphatic rings. The van der Waals surface area contributed by atoms with Crippen LogP contribution in [-0.4, -0.2) is 27.5 Å². The quantitative estimate of drug-likeness (QED) is 0.694. The fourth-order valence-electron chi connectivity index (χ4n) is 1.94. The molecule has 2 aromatic heterocycles. The Morgan fingerprint density at radius 2 is 2.13 bits per heavy atom. The fraction of sp³-hybridized carbons (Fsp3) is 0.333. The highest BCUT2D eigenvalue weighted by Gasteiger charge is 2.08. The third kappa shape index (κ3) is 4.53. The van der Waals surface area contributed by atoms with E-state index in [9.17, 15) is 14.4 Å². The second-order valence-electron chi connectivity index (χ2n) is 4.91. The lowest BCUT2D eigenvalue weighted by molar-refractivity contribution is -0.123. The summed E-state index contributed by atoms with van der Waals surface area (Å²) >= 11 is 0. The van der Waals surface area contributed by atoms with Gasteiger partial charge in [0.15, 0.2) is 6.61 Å². The van der Waals surface area contributed by atoms with Gasteiger partial charge in [0, 0.05) is 18.4 Å². The minimum Gasteiger partial charge on any atom is -0.482 e. The Morgan fingerprint density at radius 1 is 1.35 bits per heavy atom. The van der Waals surface area contributed by atoms with Crippen molar-refractivity contribution in [1.29, 1.82) is 0 Å². The number of nitrogens with zero attached hydrogens (tertiary/aromatic N) is 1. The van der Waals surface area contributed by atoms with Crippen LogP contribution in [-0.2, 0) is 17.8 Å². The van der Waals surface area contributed by atoms with E-state index in [4.69, 9.17) is 4.74 Å². The van der Waals surface area contributed by atoms with Crippen molar-refractivity contribution in [1.82, 2.24) is 20.3 Å². The van der Waals surface area contributed by atoms with E-state index >= 15 is 0 Å². The standard InChI is InChI=1S/C15H18N4O4/c1-3-11-12(5-4-9(2)18-11)23-8-13(20)16-6-10-7-17-15(22)19-14(10)21/h4-5,7H,3,6,8H2,1-2H3,(H,16,20)(H2,17,19,21,22). The Balaban J connectivity index is 1.90. The van der Waals surface area contributed by atoms with Crippen molar-refractivity contribution in [3.05, 3.63) is 56.1 Å². The molecule has 0 radical (unpaired) electrons. The second kappa shape index (κ2) is 7.39. The first-order valence-electron chi connectivity index (χ1n) is 7.16. The van der Waals surface area contributed by atoms with E-state index in [0.29, 0.717) is 12.2 Å². The molecule has 8 nitrogen and oxygen atoms in total. The van der Waals surface area contributed by atoms with Crippen LogP contribution in [0, 0.1) is 6.92 Å². The molecule has 2 rings (SSSR count). The first-order chi connectivity index (χ1) is 11.0. The number of amides is 1. The second-order valence-corrected chi connectivity index (χ2v) is 4.91. The Bertz CT molecular complexity index is 810. The molecular weight excluding hydrogens is 300 g/mol. The van der Waals surface area contributed by atoms with Crippen LogP contribution in [0.3, 0.4) is 0 Å². The number of hydrogen-bond donors (Lipinski definition) is 3. The van der Waals surface area contributed by atoms with Gasteiger partial charge in [0.25, 0.3) is 11.5 Å². The molecule has 0 aliphatic heterocycles. The van der Waals surface area contributed by atoms with Crippen LogP contribution < -0.4 is 21.3 Å². The lowest BCUT2D eigenvalue weighted by Gasteiger charge is -2.10. The number of ether oxygens (including phenoxy) is 1. The van der Waals surface area contributed by atoms with E-state index in [1.165, 1.54) is 6.20 Å². The molecule has 0 aliphatic carbocycles. The molecule has 0 fully saturated rings. The van der Waals surface area contributed by atoms with E-state index in [2.05, 4.69) is 20.3 Å². The first kappa shape index (κ1) is 16.5. The lowest BCUT2D eigenvalue weighted by Crippen LogP contribution is -2.33. The number of pyridine rings is 1. The van der Waals surface area contributed by atoms with Crippen LogP contribution in [0.25, 0.3) is 0 Å². The maximum absolute atomic E-state index is 11.8. The molecule has 8 heteroatoms. The van der Waals surface area contributed by atoms with Crippen LogP contribution in [0.1, 0.15) is 23.9 Å². The molecule has 1 amide bonds. The SMILES string of the molecule is CCc1nc(C)ccc1OCC(=O)NCc1c[nH]c(=O)[nH]c1=O. The van der Waals surface area contributed by atoms with Gasteiger partial charge < -0.3 is 15.0 Å². The number of aromatic nitrogens is 3. The van der Waals surface area contributed by atoms with Crippen molar-refractivity contribution in [2.45, 2.75) is 26.8 Å². The molecule has 0 bridgehead atoms. The van der Waals surface area contributed by atoms with Crippen molar-refractivity contribution in [3.8, 4) is 5.75 Å². The molecule has 122 valence electrons. The topological polar surface area (TPSA) is 117 Å². The molecule has 0 saturated heterocycles. The zero-order chi connectivity index (χ0) is 16.8.